The molecule has 0 spiro atoms. The molecule has 2 aromatic rings. The summed E-state index contributed by atoms with van der Waals surface area (Å²) in [6.07, 6.45) is 7.25. The van der Waals surface area contributed by atoms with Gasteiger partial charge in [-0.05, 0) is 24.1 Å². The van der Waals surface area contributed by atoms with Gasteiger partial charge in [0.25, 0.3) is 0 Å². The molecule has 2 heteroatoms. The van der Waals surface area contributed by atoms with Gasteiger partial charge in [0.2, 0.25) is 6.33 Å². The molecule has 1 aromatic heterocycles. The van der Waals surface area contributed by atoms with Crippen molar-refractivity contribution in [3.8, 4) is 5.69 Å². The molecule has 0 bridgehead atoms. The van der Waals surface area contributed by atoms with E-state index in [1.54, 1.807) is 0 Å². The van der Waals surface area contributed by atoms with Gasteiger partial charge in [-0.3, -0.25) is 0 Å². The van der Waals surface area contributed by atoms with Gasteiger partial charge in [0, 0.05) is 0 Å². The summed E-state index contributed by atoms with van der Waals surface area (Å²) in [6.45, 7) is 2.17. The van der Waals surface area contributed by atoms with E-state index in [4.69, 9.17) is 0 Å². The first-order valence-electron chi connectivity index (χ1n) is 4.92. The molecule has 0 saturated heterocycles. The monoisotopic (exact) mass is 187 g/mol. The molecule has 72 valence electrons. The van der Waals surface area contributed by atoms with Crippen molar-refractivity contribution in [1.29, 1.82) is 0 Å². The largest absolute Gasteiger partial charge is 0.248 e. The summed E-state index contributed by atoms with van der Waals surface area (Å²) >= 11 is 0. The number of imidazole rings is 1. The SMILES string of the molecule is CCc1ccc(-n2cc[n+](C)c2)cc1. The molecule has 1 aromatic carbocycles. The second-order valence-corrected chi connectivity index (χ2v) is 3.51. The topological polar surface area (TPSA) is 8.81 Å². The van der Waals surface area contributed by atoms with Crippen molar-refractivity contribution in [3.63, 3.8) is 0 Å². The fourth-order valence-corrected chi connectivity index (χ4v) is 1.51. The summed E-state index contributed by atoms with van der Waals surface area (Å²) < 4.78 is 4.15. The van der Waals surface area contributed by atoms with Crippen molar-refractivity contribution < 1.29 is 4.57 Å². The molecule has 0 amide bonds. The lowest BCUT2D eigenvalue weighted by Crippen LogP contribution is -2.23. The highest BCUT2D eigenvalue weighted by atomic mass is 15.1. The van der Waals surface area contributed by atoms with E-state index in [1.165, 1.54) is 11.3 Å². The summed E-state index contributed by atoms with van der Waals surface area (Å²) in [7, 11) is 2.02. The normalized spacial score (nSPS) is 10.4. The van der Waals surface area contributed by atoms with Gasteiger partial charge in [-0.2, -0.15) is 0 Å². The number of benzene rings is 1. The van der Waals surface area contributed by atoms with Crippen LogP contribution in [0, 0.1) is 0 Å². The van der Waals surface area contributed by atoms with Crippen molar-refractivity contribution >= 4 is 0 Å². The molecule has 1 heterocycles. The standard InChI is InChI=1S/C12H15N2/c1-3-11-4-6-12(7-5-11)14-9-8-13(2)10-14/h4-10H,3H2,1-2H3/q+1. The molecule has 0 N–H and O–H groups in total. The van der Waals surface area contributed by atoms with Crippen molar-refractivity contribution in [2.75, 3.05) is 0 Å². The van der Waals surface area contributed by atoms with Crippen LogP contribution in [-0.4, -0.2) is 4.57 Å². The highest BCUT2D eigenvalue weighted by molar-refractivity contribution is 5.34. The zero-order valence-electron chi connectivity index (χ0n) is 8.64. The Morgan fingerprint density at radius 2 is 1.93 bits per heavy atom. The third kappa shape index (κ3) is 1.69. The number of hydrogen-bond donors (Lipinski definition) is 0. The van der Waals surface area contributed by atoms with E-state index in [0.29, 0.717) is 0 Å². The van der Waals surface area contributed by atoms with Gasteiger partial charge in [-0.25, -0.2) is 9.13 Å². The Balaban J connectivity index is 2.33. The van der Waals surface area contributed by atoms with Gasteiger partial charge in [-0.15, -0.1) is 0 Å². The minimum Gasteiger partial charge on any atom is -0.239 e. The molecule has 0 atom stereocenters. The van der Waals surface area contributed by atoms with Crippen LogP contribution < -0.4 is 4.57 Å². The van der Waals surface area contributed by atoms with Crippen molar-refractivity contribution in [2.24, 2.45) is 7.05 Å². The number of rotatable bonds is 2. The Morgan fingerprint density at radius 1 is 1.21 bits per heavy atom. The van der Waals surface area contributed by atoms with Crippen molar-refractivity contribution in [3.05, 3.63) is 48.5 Å². The minimum absolute atomic E-state index is 1.10. The third-order valence-electron chi connectivity index (χ3n) is 2.41. The van der Waals surface area contributed by atoms with E-state index in [9.17, 15) is 0 Å². The molecule has 0 aliphatic rings. The predicted octanol–water partition coefficient (Wildman–Crippen LogP) is 1.86. The molecule has 0 aliphatic carbocycles. The Morgan fingerprint density at radius 3 is 2.43 bits per heavy atom. The average molecular weight is 187 g/mol. The summed E-state index contributed by atoms with van der Waals surface area (Å²) in [6, 6.07) is 8.66. The summed E-state index contributed by atoms with van der Waals surface area (Å²) in [5.74, 6) is 0. The lowest BCUT2D eigenvalue weighted by atomic mass is 10.1. The molecule has 14 heavy (non-hydrogen) atoms. The highest BCUT2D eigenvalue weighted by Crippen LogP contribution is 2.08. The van der Waals surface area contributed by atoms with Crippen molar-refractivity contribution in [2.45, 2.75) is 13.3 Å². The van der Waals surface area contributed by atoms with Crippen LogP contribution in [0.4, 0.5) is 0 Å². The molecular weight excluding hydrogens is 172 g/mol. The maximum atomic E-state index is 2.18. The van der Waals surface area contributed by atoms with E-state index in [0.717, 1.165) is 6.42 Å². The van der Waals surface area contributed by atoms with Gasteiger partial charge in [0.1, 0.15) is 18.1 Å². The zero-order chi connectivity index (χ0) is 9.97. The second-order valence-electron chi connectivity index (χ2n) is 3.51. The summed E-state index contributed by atoms with van der Waals surface area (Å²) in [5, 5.41) is 0. The number of nitrogens with zero attached hydrogens (tertiary/aromatic N) is 2. The van der Waals surface area contributed by atoms with E-state index < -0.39 is 0 Å². The zero-order valence-corrected chi connectivity index (χ0v) is 8.64. The van der Waals surface area contributed by atoms with E-state index >= 15 is 0 Å². The van der Waals surface area contributed by atoms with Crippen LogP contribution in [0.1, 0.15) is 12.5 Å². The maximum absolute atomic E-state index is 2.18. The van der Waals surface area contributed by atoms with E-state index in [2.05, 4.69) is 48.3 Å². The fraction of sp³-hybridized carbons (Fsp3) is 0.250. The number of aromatic nitrogens is 2. The first-order chi connectivity index (χ1) is 6.79. The molecule has 0 fully saturated rings. The molecule has 0 radical (unpaired) electrons. The maximum Gasteiger partial charge on any atom is 0.248 e. The molecule has 0 unspecified atom stereocenters. The second kappa shape index (κ2) is 3.66. The van der Waals surface area contributed by atoms with E-state index in [1.807, 2.05) is 17.8 Å². The third-order valence-corrected chi connectivity index (χ3v) is 2.41. The van der Waals surface area contributed by atoms with Gasteiger partial charge in [-0.1, -0.05) is 19.1 Å². The summed E-state index contributed by atoms with van der Waals surface area (Å²) in [5.41, 5.74) is 2.59. The summed E-state index contributed by atoms with van der Waals surface area (Å²) in [4.78, 5) is 0. The van der Waals surface area contributed by atoms with Gasteiger partial charge < -0.3 is 0 Å². The van der Waals surface area contributed by atoms with Gasteiger partial charge in [0.15, 0.2) is 0 Å². The number of hydrogen-bond acceptors (Lipinski definition) is 0. The number of aryl methyl sites for hydroxylation is 2. The Bertz CT molecular complexity index is 412. The van der Waals surface area contributed by atoms with Gasteiger partial charge in [0.05, 0.1) is 7.05 Å². The van der Waals surface area contributed by atoms with Crippen molar-refractivity contribution in [1.82, 2.24) is 4.57 Å². The molecule has 2 nitrogen and oxygen atoms in total. The molecular formula is C12H15N2+. The predicted molar refractivity (Wildman–Crippen MR) is 56.3 cm³/mol. The van der Waals surface area contributed by atoms with Gasteiger partial charge >= 0.3 is 0 Å². The van der Waals surface area contributed by atoms with Crippen LogP contribution in [0.25, 0.3) is 5.69 Å². The lowest BCUT2D eigenvalue weighted by Gasteiger charge is -1.97. The molecule has 0 aliphatic heterocycles. The fourth-order valence-electron chi connectivity index (χ4n) is 1.51. The highest BCUT2D eigenvalue weighted by Gasteiger charge is 2.02. The van der Waals surface area contributed by atoms with Crippen LogP contribution in [0.15, 0.2) is 43.0 Å². The van der Waals surface area contributed by atoms with Crippen LogP contribution >= 0.6 is 0 Å². The van der Waals surface area contributed by atoms with Crippen LogP contribution in [0.3, 0.4) is 0 Å². The van der Waals surface area contributed by atoms with Crippen LogP contribution in [-0.2, 0) is 13.5 Å². The Hall–Kier alpha value is -1.57. The average Bonchev–Trinajstić information content (AvgIpc) is 2.65. The van der Waals surface area contributed by atoms with Crippen LogP contribution in [0.2, 0.25) is 0 Å². The van der Waals surface area contributed by atoms with E-state index in [-0.39, 0.29) is 0 Å². The Labute approximate surface area is 84.4 Å². The smallest absolute Gasteiger partial charge is 0.239 e. The first-order valence-corrected chi connectivity index (χ1v) is 4.92. The lowest BCUT2D eigenvalue weighted by molar-refractivity contribution is -0.670. The first kappa shape index (κ1) is 9.00. The quantitative estimate of drug-likeness (QED) is 0.635. The minimum atomic E-state index is 1.10. The molecule has 2 rings (SSSR count). The Kier molecular flexibility index (Phi) is 2.35. The molecule has 0 saturated carbocycles. The van der Waals surface area contributed by atoms with Crippen LogP contribution in [0.5, 0.6) is 0 Å².